The molecule has 0 spiro atoms. The summed E-state index contributed by atoms with van der Waals surface area (Å²) in [5.74, 6) is -0.395. The average molecular weight is 473 g/mol. The van der Waals surface area contributed by atoms with E-state index in [1.54, 1.807) is 48.3 Å². The van der Waals surface area contributed by atoms with Gasteiger partial charge < -0.3 is 25.6 Å². The fourth-order valence-electron chi connectivity index (χ4n) is 3.21. The summed E-state index contributed by atoms with van der Waals surface area (Å²) in [5, 5.41) is 9.83. The zero-order chi connectivity index (χ0) is 23.4. The maximum absolute atomic E-state index is 12.8. The van der Waals surface area contributed by atoms with Crippen LogP contribution in [-0.2, 0) is 9.53 Å². The molecule has 3 N–H and O–H groups in total. The van der Waals surface area contributed by atoms with Crippen molar-refractivity contribution in [1.29, 1.82) is 0 Å². The number of carbonyl (C=O) groups excluding carboxylic acids is 2. The van der Waals surface area contributed by atoms with Crippen molar-refractivity contribution in [3.05, 3.63) is 70.4 Å². The van der Waals surface area contributed by atoms with Gasteiger partial charge in [0, 0.05) is 29.1 Å². The summed E-state index contributed by atoms with van der Waals surface area (Å²) in [7, 11) is 1.80. The van der Waals surface area contributed by atoms with E-state index in [9.17, 15) is 9.59 Å². The molecule has 0 aromatic heterocycles. The van der Waals surface area contributed by atoms with Gasteiger partial charge in [-0.15, -0.1) is 0 Å². The lowest BCUT2D eigenvalue weighted by Crippen LogP contribution is -2.46. The average Bonchev–Trinajstić information content (AvgIpc) is 2.73. The quantitative estimate of drug-likeness (QED) is 0.416. The van der Waals surface area contributed by atoms with E-state index >= 15 is 0 Å². The van der Waals surface area contributed by atoms with E-state index in [0.717, 1.165) is 11.3 Å². The van der Waals surface area contributed by atoms with Gasteiger partial charge in [0.2, 0.25) is 0 Å². The van der Waals surface area contributed by atoms with Gasteiger partial charge in [0.25, 0.3) is 0 Å². The molecule has 0 radical (unpaired) electrons. The predicted molar refractivity (Wildman–Crippen MR) is 131 cm³/mol. The van der Waals surface area contributed by atoms with E-state index in [4.69, 9.17) is 28.6 Å². The van der Waals surface area contributed by atoms with Gasteiger partial charge in [-0.05, 0) is 75.0 Å². The van der Waals surface area contributed by atoms with Gasteiger partial charge >= 0.3 is 12.0 Å². The third-order valence-electron chi connectivity index (χ3n) is 4.92. The van der Waals surface area contributed by atoms with Gasteiger partial charge in [-0.1, -0.05) is 23.7 Å². The number of halogens is 1. The molecular weight excluding hydrogens is 448 g/mol. The maximum atomic E-state index is 12.8. The molecule has 1 atom stereocenters. The molecule has 0 aliphatic carbocycles. The molecule has 7 nitrogen and oxygen atoms in total. The fraction of sp³-hybridized carbons (Fsp3) is 0.261. The monoisotopic (exact) mass is 472 g/mol. The summed E-state index contributed by atoms with van der Waals surface area (Å²) < 4.78 is 5.46. The van der Waals surface area contributed by atoms with Crippen LogP contribution in [0.3, 0.4) is 0 Å². The first-order valence-electron chi connectivity index (χ1n) is 10.0. The molecule has 0 fully saturated rings. The van der Waals surface area contributed by atoms with E-state index < -0.39 is 12.0 Å². The molecule has 32 heavy (non-hydrogen) atoms. The zero-order valence-electron chi connectivity index (χ0n) is 18.2. The SMILES string of the molecule is CC1=C(C(=O)OC(C)C)[C@@H](c2ccc(NC(=O)Nc3ccc(Cl)cc3)cc2)NC(=S)N1C. The number of carbonyl (C=O) groups is 2. The molecule has 0 saturated carbocycles. The Balaban J connectivity index is 1.77. The number of benzene rings is 2. The number of hydrogen-bond acceptors (Lipinski definition) is 4. The number of nitrogens with one attached hydrogen (secondary N) is 3. The van der Waals surface area contributed by atoms with E-state index in [1.807, 2.05) is 32.9 Å². The van der Waals surface area contributed by atoms with Crippen molar-refractivity contribution in [2.24, 2.45) is 0 Å². The number of rotatable bonds is 5. The number of anilines is 2. The number of amides is 2. The fourth-order valence-corrected chi connectivity index (χ4v) is 3.59. The molecule has 168 valence electrons. The molecule has 0 saturated heterocycles. The second kappa shape index (κ2) is 10.0. The molecule has 0 bridgehead atoms. The Hall–Kier alpha value is -3.10. The lowest BCUT2D eigenvalue weighted by molar-refractivity contribution is -0.143. The summed E-state index contributed by atoms with van der Waals surface area (Å²) in [6.45, 7) is 5.46. The van der Waals surface area contributed by atoms with Crippen molar-refractivity contribution in [3.8, 4) is 0 Å². The Kier molecular flexibility index (Phi) is 7.37. The van der Waals surface area contributed by atoms with Crippen molar-refractivity contribution < 1.29 is 14.3 Å². The number of nitrogens with zero attached hydrogens (tertiary/aromatic N) is 1. The molecule has 1 aliphatic rings. The minimum atomic E-state index is -0.457. The number of urea groups is 1. The van der Waals surface area contributed by atoms with Gasteiger partial charge in [0.15, 0.2) is 5.11 Å². The second-order valence-electron chi connectivity index (χ2n) is 7.60. The van der Waals surface area contributed by atoms with Gasteiger partial charge in [0.1, 0.15) is 0 Å². The number of ether oxygens (including phenoxy) is 1. The summed E-state index contributed by atoms with van der Waals surface area (Å²) in [5.41, 5.74) is 3.27. The molecule has 1 aliphatic heterocycles. The molecule has 2 aromatic rings. The van der Waals surface area contributed by atoms with Gasteiger partial charge in [0.05, 0.1) is 17.7 Å². The molecule has 9 heteroatoms. The predicted octanol–water partition coefficient (Wildman–Crippen LogP) is 5.07. The highest BCUT2D eigenvalue weighted by atomic mass is 35.5. The normalized spacial score (nSPS) is 16.0. The summed E-state index contributed by atoms with van der Waals surface area (Å²) in [6.07, 6.45) is -0.242. The minimum absolute atomic E-state index is 0.242. The Labute approximate surface area is 197 Å². The van der Waals surface area contributed by atoms with Crippen molar-refractivity contribution in [3.63, 3.8) is 0 Å². The van der Waals surface area contributed by atoms with Crippen molar-refractivity contribution in [2.75, 3.05) is 17.7 Å². The zero-order valence-corrected chi connectivity index (χ0v) is 19.8. The topological polar surface area (TPSA) is 82.7 Å². The van der Waals surface area contributed by atoms with Crippen LogP contribution in [0.15, 0.2) is 59.8 Å². The second-order valence-corrected chi connectivity index (χ2v) is 8.43. The number of hydrogen-bond donors (Lipinski definition) is 3. The van der Waals surface area contributed by atoms with Crippen LogP contribution >= 0.6 is 23.8 Å². The lowest BCUT2D eigenvalue weighted by Gasteiger charge is -2.35. The molecule has 2 amide bonds. The summed E-state index contributed by atoms with van der Waals surface area (Å²) in [6, 6.07) is 13.2. The summed E-state index contributed by atoms with van der Waals surface area (Å²) >= 11 is 11.3. The van der Waals surface area contributed by atoms with Gasteiger partial charge in [-0.25, -0.2) is 9.59 Å². The standard InChI is InChI=1S/C23H25ClN4O3S/c1-13(2)31-21(29)19-14(3)28(4)23(32)27-20(19)15-5-9-17(10-6-15)25-22(30)26-18-11-7-16(24)8-12-18/h5-13,20H,1-4H3,(H,27,32)(H2,25,26,30)/t20-/m1/s1. The number of allylic oxidation sites excluding steroid dienone is 1. The van der Waals surface area contributed by atoms with Crippen LogP contribution in [0.25, 0.3) is 0 Å². The van der Waals surface area contributed by atoms with Crippen molar-refractivity contribution in [1.82, 2.24) is 10.2 Å². The molecule has 1 heterocycles. The highest BCUT2D eigenvalue weighted by Gasteiger charge is 2.33. The van der Waals surface area contributed by atoms with Crippen molar-refractivity contribution in [2.45, 2.75) is 32.9 Å². The largest absolute Gasteiger partial charge is 0.459 e. The Morgan fingerprint density at radius 3 is 2.12 bits per heavy atom. The summed E-state index contributed by atoms with van der Waals surface area (Å²) in [4.78, 5) is 26.8. The van der Waals surface area contributed by atoms with E-state index in [2.05, 4.69) is 16.0 Å². The number of thiocarbonyl (C=S) groups is 1. The third kappa shape index (κ3) is 5.57. The van der Waals surface area contributed by atoms with Crippen LogP contribution in [0.2, 0.25) is 5.02 Å². The van der Waals surface area contributed by atoms with Gasteiger partial charge in [-0.2, -0.15) is 0 Å². The highest BCUT2D eigenvalue weighted by molar-refractivity contribution is 7.80. The third-order valence-corrected chi connectivity index (χ3v) is 5.56. The lowest BCUT2D eigenvalue weighted by atomic mass is 9.95. The van der Waals surface area contributed by atoms with E-state index in [0.29, 0.717) is 27.1 Å². The van der Waals surface area contributed by atoms with Crippen LogP contribution in [0, 0.1) is 0 Å². The molecular formula is C23H25ClN4O3S. The smallest absolute Gasteiger partial charge is 0.338 e. The van der Waals surface area contributed by atoms with Gasteiger partial charge in [-0.3, -0.25) is 0 Å². The molecule has 2 aromatic carbocycles. The van der Waals surface area contributed by atoms with E-state index in [1.165, 1.54) is 0 Å². The first-order chi connectivity index (χ1) is 15.2. The van der Waals surface area contributed by atoms with Crippen molar-refractivity contribution >= 4 is 52.3 Å². The molecule has 0 unspecified atom stereocenters. The van der Waals surface area contributed by atoms with Crippen LogP contribution in [-0.4, -0.2) is 35.2 Å². The van der Waals surface area contributed by atoms with Crippen LogP contribution in [0.4, 0.5) is 16.2 Å². The van der Waals surface area contributed by atoms with Crippen LogP contribution in [0.5, 0.6) is 0 Å². The first kappa shape index (κ1) is 23.6. The Morgan fingerprint density at radius 1 is 1.06 bits per heavy atom. The minimum Gasteiger partial charge on any atom is -0.459 e. The highest BCUT2D eigenvalue weighted by Crippen LogP contribution is 2.31. The number of esters is 1. The first-order valence-corrected chi connectivity index (χ1v) is 10.8. The van der Waals surface area contributed by atoms with E-state index in [-0.39, 0.29) is 12.1 Å². The maximum Gasteiger partial charge on any atom is 0.338 e. The Morgan fingerprint density at radius 2 is 1.59 bits per heavy atom. The Bertz CT molecular complexity index is 1050. The van der Waals surface area contributed by atoms with Crippen LogP contribution < -0.4 is 16.0 Å². The van der Waals surface area contributed by atoms with Crippen LogP contribution in [0.1, 0.15) is 32.4 Å². The molecule has 3 rings (SSSR count).